The van der Waals surface area contributed by atoms with Crippen LogP contribution in [0.3, 0.4) is 0 Å². The van der Waals surface area contributed by atoms with E-state index in [2.05, 4.69) is 35.1 Å². The predicted molar refractivity (Wildman–Crippen MR) is 83.1 cm³/mol. The van der Waals surface area contributed by atoms with E-state index in [0.29, 0.717) is 5.11 Å². The molecular formula is C14H16N2S2. The van der Waals surface area contributed by atoms with Crippen LogP contribution in [0.5, 0.6) is 0 Å². The second kappa shape index (κ2) is 6.52. The first kappa shape index (κ1) is 13.1. The van der Waals surface area contributed by atoms with E-state index in [-0.39, 0.29) is 6.04 Å². The van der Waals surface area contributed by atoms with Gasteiger partial charge in [-0.3, -0.25) is 0 Å². The zero-order valence-electron chi connectivity index (χ0n) is 10.2. The quantitative estimate of drug-likeness (QED) is 0.819. The molecule has 0 amide bonds. The molecule has 2 aromatic rings. The number of rotatable bonds is 4. The molecule has 1 unspecified atom stereocenters. The first-order valence-corrected chi connectivity index (χ1v) is 7.24. The average Bonchev–Trinajstić information content (AvgIpc) is 2.91. The minimum absolute atomic E-state index is 0.286. The minimum Gasteiger partial charge on any atom is -0.355 e. The number of anilines is 1. The third-order valence-corrected chi connectivity index (χ3v) is 3.84. The van der Waals surface area contributed by atoms with Crippen LogP contribution in [-0.4, -0.2) is 5.11 Å². The Morgan fingerprint density at radius 2 is 2.00 bits per heavy atom. The van der Waals surface area contributed by atoms with Crippen LogP contribution >= 0.6 is 23.6 Å². The van der Waals surface area contributed by atoms with Crippen LogP contribution in [-0.2, 0) is 0 Å². The van der Waals surface area contributed by atoms with E-state index in [4.69, 9.17) is 12.2 Å². The highest BCUT2D eigenvalue weighted by atomic mass is 32.1. The standard InChI is InChI=1S/C14H16N2S2/c1-2-12(13-9-6-10-18-13)16-14(17)15-11-7-4-3-5-8-11/h3-10,12H,2H2,1H3,(H2,15,16,17). The van der Waals surface area contributed by atoms with Crippen molar-refractivity contribution in [2.75, 3.05) is 5.32 Å². The van der Waals surface area contributed by atoms with Crippen LogP contribution in [0, 0.1) is 0 Å². The number of benzene rings is 1. The lowest BCUT2D eigenvalue weighted by atomic mass is 10.2. The number of hydrogen-bond donors (Lipinski definition) is 2. The molecule has 0 aliphatic heterocycles. The van der Waals surface area contributed by atoms with Crippen molar-refractivity contribution < 1.29 is 0 Å². The van der Waals surface area contributed by atoms with Crippen molar-refractivity contribution in [1.29, 1.82) is 0 Å². The Morgan fingerprint density at radius 3 is 2.61 bits per heavy atom. The highest BCUT2D eigenvalue weighted by Crippen LogP contribution is 2.21. The largest absolute Gasteiger partial charge is 0.355 e. The molecule has 94 valence electrons. The maximum absolute atomic E-state index is 5.33. The molecule has 0 saturated carbocycles. The fourth-order valence-corrected chi connectivity index (χ4v) is 2.83. The highest BCUT2D eigenvalue weighted by molar-refractivity contribution is 7.80. The summed E-state index contributed by atoms with van der Waals surface area (Å²) in [6, 6.07) is 14.5. The van der Waals surface area contributed by atoms with Crippen LogP contribution in [0.25, 0.3) is 0 Å². The van der Waals surface area contributed by atoms with Gasteiger partial charge in [-0.15, -0.1) is 11.3 Å². The summed E-state index contributed by atoms with van der Waals surface area (Å²) < 4.78 is 0. The number of thiocarbonyl (C=S) groups is 1. The predicted octanol–water partition coefficient (Wildman–Crippen LogP) is 4.19. The summed E-state index contributed by atoms with van der Waals surface area (Å²) in [4.78, 5) is 1.31. The fraction of sp³-hybridized carbons (Fsp3) is 0.214. The third kappa shape index (κ3) is 3.55. The molecule has 0 radical (unpaired) electrons. The van der Waals surface area contributed by atoms with Crippen LogP contribution in [0.4, 0.5) is 5.69 Å². The Labute approximate surface area is 117 Å². The second-order valence-corrected chi connectivity index (χ2v) is 5.33. The molecule has 2 rings (SSSR count). The van der Waals surface area contributed by atoms with E-state index < -0.39 is 0 Å². The molecule has 1 atom stereocenters. The van der Waals surface area contributed by atoms with Gasteiger partial charge in [-0.05, 0) is 42.2 Å². The zero-order chi connectivity index (χ0) is 12.8. The van der Waals surface area contributed by atoms with Crippen LogP contribution in [0.1, 0.15) is 24.3 Å². The van der Waals surface area contributed by atoms with E-state index in [1.807, 2.05) is 30.3 Å². The van der Waals surface area contributed by atoms with Crippen LogP contribution in [0.2, 0.25) is 0 Å². The van der Waals surface area contributed by atoms with Crippen molar-refractivity contribution in [2.24, 2.45) is 0 Å². The lowest BCUT2D eigenvalue weighted by Crippen LogP contribution is -2.31. The van der Waals surface area contributed by atoms with E-state index in [9.17, 15) is 0 Å². The van der Waals surface area contributed by atoms with Gasteiger partial charge < -0.3 is 10.6 Å². The number of hydrogen-bond acceptors (Lipinski definition) is 2. The van der Waals surface area contributed by atoms with Crippen molar-refractivity contribution in [1.82, 2.24) is 5.32 Å². The molecule has 0 fully saturated rings. The maximum Gasteiger partial charge on any atom is 0.171 e. The first-order valence-electron chi connectivity index (χ1n) is 5.95. The summed E-state index contributed by atoms with van der Waals surface area (Å²) in [5.74, 6) is 0. The van der Waals surface area contributed by atoms with Crippen molar-refractivity contribution in [3.05, 3.63) is 52.7 Å². The molecule has 1 heterocycles. The van der Waals surface area contributed by atoms with Crippen molar-refractivity contribution in [2.45, 2.75) is 19.4 Å². The average molecular weight is 276 g/mol. The Bertz CT molecular complexity index is 480. The van der Waals surface area contributed by atoms with Crippen molar-refractivity contribution >= 4 is 34.4 Å². The molecule has 18 heavy (non-hydrogen) atoms. The van der Waals surface area contributed by atoms with Gasteiger partial charge in [-0.2, -0.15) is 0 Å². The fourth-order valence-electron chi connectivity index (χ4n) is 1.71. The molecule has 0 saturated heterocycles. The molecule has 0 bridgehead atoms. The summed E-state index contributed by atoms with van der Waals surface area (Å²) in [5, 5.41) is 9.30. The summed E-state index contributed by atoms with van der Waals surface area (Å²) in [7, 11) is 0. The molecule has 1 aromatic carbocycles. The molecule has 0 spiro atoms. The van der Waals surface area contributed by atoms with Gasteiger partial charge in [0.2, 0.25) is 0 Å². The minimum atomic E-state index is 0.286. The van der Waals surface area contributed by atoms with Crippen LogP contribution < -0.4 is 10.6 Å². The Morgan fingerprint density at radius 1 is 1.22 bits per heavy atom. The molecule has 1 aromatic heterocycles. The van der Waals surface area contributed by atoms with Gasteiger partial charge in [0.05, 0.1) is 6.04 Å². The van der Waals surface area contributed by atoms with Crippen LogP contribution in [0.15, 0.2) is 47.8 Å². The number of para-hydroxylation sites is 1. The van der Waals surface area contributed by atoms with Gasteiger partial charge in [0.25, 0.3) is 0 Å². The summed E-state index contributed by atoms with van der Waals surface area (Å²) in [6.45, 7) is 2.16. The SMILES string of the molecule is CCC(NC(=S)Nc1ccccc1)c1cccs1. The van der Waals surface area contributed by atoms with Crippen molar-refractivity contribution in [3.8, 4) is 0 Å². The van der Waals surface area contributed by atoms with Gasteiger partial charge in [0, 0.05) is 10.6 Å². The Kier molecular flexibility index (Phi) is 4.73. The van der Waals surface area contributed by atoms with Gasteiger partial charge in [0.15, 0.2) is 5.11 Å². The highest BCUT2D eigenvalue weighted by Gasteiger charge is 2.11. The van der Waals surface area contributed by atoms with E-state index in [1.54, 1.807) is 11.3 Å². The molecule has 0 aliphatic rings. The van der Waals surface area contributed by atoms with E-state index in [1.165, 1.54) is 4.88 Å². The lowest BCUT2D eigenvalue weighted by molar-refractivity contribution is 0.640. The zero-order valence-corrected chi connectivity index (χ0v) is 11.9. The van der Waals surface area contributed by atoms with Gasteiger partial charge >= 0.3 is 0 Å². The van der Waals surface area contributed by atoms with Crippen molar-refractivity contribution in [3.63, 3.8) is 0 Å². The summed E-state index contributed by atoms with van der Waals surface area (Å²) >= 11 is 7.09. The smallest absolute Gasteiger partial charge is 0.171 e. The molecule has 2 nitrogen and oxygen atoms in total. The molecule has 0 aliphatic carbocycles. The maximum atomic E-state index is 5.33. The normalized spacial score (nSPS) is 11.8. The summed E-state index contributed by atoms with van der Waals surface area (Å²) in [6.07, 6.45) is 1.01. The van der Waals surface area contributed by atoms with E-state index >= 15 is 0 Å². The molecular weight excluding hydrogens is 260 g/mol. The van der Waals surface area contributed by atoms with Gasteiger partial charge in [0.1, 0.15) is 0 Å². The molecule has 2 N–H and O–H groups in total. The topological polar surface area (TPSA) is 24.1 Å². The first-order chi connectivity index (χ1) is 8.79. The Balaban J connectivity index is 1.94. The monoisotopic (exact) mass is 276 g/mol. The second-order valence-electron chi connectivity index (χ2n) is 3.94. The third-order valence-electron chi connectivity index (χ3n) is 2.63. The number of nitrogens with one attached hydrogen (secondary N) is 2. The van der Waals surface area contributed by atoms with E-state index in [0.717, 1.165) is 12.1 Å². The van der Waals surface area contributed by atoms with Gasteiger partial charge in [-0.25, -0.2) is 0 Å². The Hall–Kier alpha value is -1.39. The molecule has 4 heteroatoms. The number of thiophene rings is 1. The van der Waals surface area contributed by atoms with Gasteiger partial charge in [-0.1, -0.05) is 31.2 Å². The lowest BCUT2D eigenvalue weighted by Gasteiger charge is -2.18. The summed E-state index contributed by atoms with van der Waals surface area (Å²) in [5.41, 5.74) is 1.01.